The SMILES string of the molecule is CC(Cl)(Cl)C(Cl)(Cl)CCC(F)(F)F. The van der Waals surface area contributed by atoms with E-state index in [1.165, 1.54) is 6.92 Å². The molecular weight excluding hydrogens is 271 g/mol. The van der Waals surface area contributed by atoms with E-state index >= 15 is 0 Å². The van der Waals surface area contributed by atoms with Gasteiger partial charge in [0.15, 0.2) is 4.33 Å². The second kappa shape index (κ2) is 4.21. The highest BCUT2D eigenvalue weighted by atomic mass is 35.5. The summed E-state index contributed by atoms with van der Waals surface area (Å²) in [6.07, 6.45) is -5.97. The number of halogens is 7. The molecule has 0 atom stereocenters. The standard InChI is InChI=1S/C6H7Cl4F3/c1-4(7,8)5(9,10)2-3-6(11,12)13/h2-3H2,1H3. The van der Waals surface area contributed by atoms with Gasteiger partial charge >= 0.3 is 6.18 Å². The monoisotopic (exact) mass is 276 g/mol. The molecular formula is C6H7Cl4F3. The fourth-order valence-corrected chi connectivity index (χ4v) is 0.896. The van der Waals surface area contributed by atoms with Crippen LogP contribution in [0.5, 0.6) is 0 Å². The lowest BCUT2D eigenvalue weighted by Crippen LogP contribution is -2.34. The zero-order valence-electron chi connectivity index (χ0n) is 6.56. The molecule has 0 aromatic rings. The van der Waals surface area contributed by atoms with E-state index in [1.807, 2.05) is 0 Å². The van der Waals surface area contributed by atoms with Gasteiger partial charge in [-0.15, -0.1) is 0 Å². The van der Waals surface area contributed by atoms with E-state index in [4.69, 9.17) is 46.4 Å². The first-order chi connectivity index (χ1) is 5.46. The van der Waals surface area contributed by atoms with Crippen LogP contribution < -0.4 is 0 Å². The van der Waals surface area contributed by atoms with Crippen LogP contribution >= 0.6 is 46.4 Å². The van der Waals surface area contributed by atoms with E-state index in [-0.39, 0.29) is 0 Å². The molecule has 0 rings (SSSR count). The van der Waals surface area contributed by atoms with Crippen molar-refractivity contribution in [1.29, 1.82) is 0 Å². The molecule has 0 heterocycles. The van der Waals surface area contributed by atoms with Gasteiger partial charge < -0.3 is 0 Å². The smallest absolute Gasteiger partial charge is 0.171 e. The fraction of sp³-hybridized carbons (Fsp3) is 1.00. The van der Waals surface area contributed by atoms with Crippen molar-refractivity contribution in [3.05, 3.63) is 0 Å². The highest BCUT2D eigenvalue weighted by Crippen LogP contribution is 2.46. The van der Waals surface area contributed by atoms with Crippen molar-refractivity contribution in [3.8, 4) is 0 Å². The molecule has 0 N–H and O–H groups in total. The molecule has 0 saturated heterocycles. The van der Waals surface area contributed by atoms with Crippen LogP contribution in [0.3, 0.4) is 0 Å². The summed E-state index contributed by atoms with van der Waals surface area (Å²) in [4.78, 5) is 0. The van der Waals surface area contributed by atoms with Crippen LogP contribution in [-0.2, 0) is 0 Å². The topological polar surface area (TPSA) is 0 Å². The molecule has 0 radical (unpaired) electrons. The lowest BCUT2D eigenvalue weighted by Gasteiger charge is -2.29. The maximum absolute atomic E-state index is 11.8. The summed E-state index contributed by atoms with van der Waals surface area (Å²) in [5, 5.41) is 0. The quantitative estimate of drug-likeness (QED) is 0.656. The highest BCUT2D eigenvalue weighted by Gasteiger charge is 2.45. The Morgan fingerprint density at radius 2 is 1.31 bits per heavy atom. The van der Waals surface area contributed by atoms with Crippen LogP contribution in [0.15, 0.2) is 0 Å². The molecule has 13 heavy (non-hydrogen) atoms. The van der Waals surface area contributed by atoms with Gasteiger partial charge in [-0.3, -0.25) is 0 Å². The molecule has 0 aliphatic heterocycles. The van der Waals surface area contributed by atoms with Gasteiger partial charge in [0.05, 0.1) is 0 Å². The molecule has 0 spiro atoms. The van der Waals surface area contributed by atoms with Crippen molar-refractivity contribution in [2.45, 2.75) is 34.6 Å². The van der Waals surface area contributed by atoms with Crippen molar-refractivity contribution in [2.75, 3.05) is 0 Å². The molecule has 7 heteroatoms. The number of hydrogen-bond acceptors (Lipinski definition) is 0. The molecule has 0 amide bonds. The van der Waals surface area contributed by atoms with E-state index < -0.39 is 27.7 Å². The van der Waals surface area contributed by atoms with E-state index in [0.717, 1.165) is 0 Å². The summed E-state index contributed by atoms with van der Waals surface area (Å²) in [7, 11) is 0. The third-order valence-electron chi connectivity index (χ3n) is 1.36. The van der Waals surface area contributed by atoms with Gasteiger partial charge in [0.2, 0.25) is 0 Å². The van der Waals surface area contributed by atoms with Crippen molar-refractivity contribution in [3.63, 3.8) is 0 Å². The molecule has 80 valence electrons. The van der Waals surface area contributed by atoms with Crippen LogP contribution in [0, 0.1) is 0 Å². The largest absolute Gasteiger partial charge is 0.389 e. The second-order valence-electron chi connectivity index (χ2n) is 2.71. The molecule has 0 saturated carbocycles. The summed E-state index contributed by atoms with van der Waals surface area (Å²) in [6.45, 7) is 1.24. The fourth-order valence-electron chi connectivity index (χ4n) is 0.518. The Kier molecular flexibility index (Phi) is 4.52. The van der Waals surface area contributed by atoms with Crippen LogP contribution in [0.2, 0.25) is 0 Å². The number of alkyl halides is 7. The molecule has 0 unspecified atom stereocenters. The maximum Gasteiger partial charge on any atom is 0.389 e. The summed E-state index contributed by atoms with van der Waals surface area (Å²) in [5.41, 5.74) is 0. The molecule has 0 aromatic carbocycles. The second-order valence-corrected chi connectivity index (χ2v) is 5.90. The zero-order valence-corrected chi connectivity index (χ0v) is 9.58. The Labute approximate surface area is 94.3 Å². The van der Waals surface area contributed by atoms with Gasteiger partial charge in [0.1, 0.15) is 4.33 Å². The van der Waals surface area contributed by atoms with Crippen molar-refractivity contribution >= 4 is 46.4 Å². The molecule has 0 aliphatic carbocycles. The predicted molar refractivity (Wildman–Crippen MR) is 49.8 cm³/mol. The van der Waals surface area contributed by atoms with Crippen LogP contribution in [0.1, 0.15) is 19.8 Å². The molecule has 0 fully saturated rings. The van der Waals surface area contributed by atoms with Crippen molar-refractivity contribution in [2.24, 2.45) is 0 Å². The van der Waals surface area contributed by atoms with Gasteiger partial charge in [-0.05, 0) is 13.3 Å². The van der Waals surface area contributed by atoms with Gasteiger partial charge in [-0.25, -0.2) is 0 Å². The van der Waals surface area contributed by atoms with Crippen LogP contribution in [0.4, 0.5) is 13.2 Å². The Morgan fingerprint density at radius 3 is 1.54 bits per heavy atom. The lowest BCUT2D eigenvalue weighted by molar-refractivity contribution is -0.136. The minimum atomic E-state index is -4.31. The van der Waals surface area contributed by atoms with E-state index in [2.05, 4.69) is 0 Å². The third kappa shape index (κ3) is 5.40. The van der Waals surface area contributed by atoms with Gasteiger partial charge in [-0.1, -0.05) is 46.4 Å². The minimum Gasteiger partial charge on any atom is -0.171 e. The maximum atomic E-state index is 11.8. The van der Waals surface area contributed by atoms with Crippen molar-refractivity contribution < 1.29 is 13.2 Å². The molecule has 0 bridgehead atoms. The summed E-state index contributed by atoms with van der Waals surface area (Å²) >= 11 is 22.0. The number of rotatable bonds is 3. The Morgan fingerprint density at radius 1 is 0.923 bits per heavy atom. The molecule has 0 aliphatic rings. The van der Waals surface area contributed by atoms with Gasteiger partial charge in [-0.2, -0.15) is 13.2 Å². The first kappa shape index (κ1) is 13.9. The summed E-state index contributed by atoms with van der Waals surface area (Å²) in [6, 6.07) is 0. The third-order valence-corrected chi connectivity index (χ3v) is 3.53. The van der Waals surface area contributed by atoms with Gasteiger partial charge in [0.25, 0.3) is 0 Å². The Bertz CT molecular complexity index is 170. The lowest BCUT2D eigenvalue weighted by atomic mass is 10.2. The Balaban J connectivity index is 4.21. The average Bonchev–Trinajstić information content (AvgIpc) is 1.79. The van der Waals surface area contributed by atoms with Crippen LogP contribution in [0.25, 0.3) is 0 Å². The molecule has 0 nitrogen and oxygen atoms in total. The minimum absolute atomic E-state index is 0.539. The van der Waals surface area contributed by atoms with E-state index in [1.54, 1.807) is 0 Å². The first-order valence-electron chi connectivity index (χ1n) is 3.28. The van der Waals surface area contributed by atoms with Crippen LogP contribution in [-0.4, -0.2) is 14.8 Å². The summed E-state index contributed by atoms with van der Waals surface area (Å²) < 4.78 is 31.9. The zero-order chi connectivity index (χ0) is 10.9. The average molecular weight is 278 g/mol. The first-order valence-corrected chi connectivity index (χ1v) is 4.79. The predicted octanol–water partition coefficient (Wildman–Crippen LogP) is 4.70. The number of hydrogen-bond donors (Lipinski definition) is 0. The summed E-state index contributed by atoms with van der Waals surface area (Å²) in [5.74, 6) is 0. The highest BCUT2D eigenvalue weighted by molar-refractivity contribution is 6.62. The van der Waals surface area contributed by atoms with Gasteiger partial charge in [0, 0.05) is 6.42 Å². The van der Waals surface area contributed by atoms with E-state index in [9.17, 15) is 13.2 Å². The Hall–Kier alpha value is 0.950. The normalized spacial score (nSPS) is 14.8. The molecule has 0 aromatic heterocycles. The van der Waals surface area contributed by atoms with Crippen molar-refractivity contribution in [1.82, 2.24) is 0 Å². The van der Waals surface area contributed by atoms with E-state index in [0.29, 0.717) is 0 Å².